The lowest BCUT2D eigenvalue weighted by Gasteiger charge is -2.23. The molecule has 0 bridgehead atoms. The Morgan fingerprint density at radius 2 is 2.09 bits per heavy atom. The van der Waals surface area contributed by atoms with Gasteiger partial charge in [-0.05, 0) is 37.6 Å². The molecule has 0 aromatic carbocycles. The zero-order valence-corrected chi connectivity index (χ0v) is 12.5. The van der Waals surface area contributed by atoms with Gasteiger partial charge in [0.1, 0.15) is 11.3 Å². The molecule has 0 unspecified atom stereocenters. The first-order valence-electron chi connectivity index (χ1n) is 7.73. The third-order valence-electron chi connectivity index (χ3n) is 4.11. The Balaban J connectivity index is 1.68. The average Bonchev–Trinajstić information content (AvgIpc) is 2.99. The largest absolute Gasteiger partial charge is 0.366 e. The Morgan fingerprint density at radius 3 is 2.91 bits per heavy atom. The van der Waals surface area contributed by atoms with Gasteiger partial charge in [-0.15, -0.1) is 0 Å². The third kappa shape index (κ3) is 2.87. The van der Waals surface area contributed by atoms with Crippen LogP contribution in [0.3, 0.4) is 0 Å². The Bertz CT molecular complexity index is 824. The molecule has 0 spiro atoms. The molecule has 4 rings (SSSR count). The van der Waals surface area contributed by atoms with E-state index in [2.05, 4.69) is 30.6 Å². The van der Waals surface area contributed by atoms with E-state index in [4.69, 9.17) is 0 Å². The lowest BCUT2D eigenvalue weighted by molar-refractivity contribution is 0.478. The predicted octanol–water partition coefficient (Wildman–Crippen LogP) is 2.32. The Kier molecular flexibility index (Phi) is 3.63. The number of fused-ring (bicyclic) bond motifs is 1. The van der Waals surface area contributed by atoms with Gasteiger partial charge in [0.2, 0.25) is 5.95 Å². The number of H-pyrrole nitrogens is 1. The van der Waals surface area contributed by atoms with Crippen LogP contribution < -0.4 is 10.6 Å². The minimum absolute atomic E-state index is 0.406. The van der Waals surface area contributed by atoms with Gasteiger partial charge in [-0.1, -0.05) is 0 Å². The summed E-state index contributed by atoms with van der Waals surface area (Å²) < 4.78 is 13.4. The second-order valence-corrected chi connectivity index (χ2v) is 5.69. The van der Waals surface area contributed by atoms with Gasteiger partial charge in [0.05, 0.1) is 6.20 Å². The fourth-order valence-corrected chi connectivity index (χ4v) is 2.93. The van der Waals surface area contributed by atoms with Crippen molar-refractivity contribution in [3.63, 3.8) is 0 Å². The lowest BCUT2D eigenvalue weighted by atomic mass is 10.1. The second kappa shape index (κ2) is 5.92. The van der Waals surface area contributed by atoms with E-state index in [9.17, 15) is 4.39 Å². The van der Waals surface area contributed by atoms with Gasteiger partial charge < -0.3 is 15.6 Å². The molecule has 1 fully saturated rings. The molecule has 3 aromatic rings. The third-order valence-corrected chi connectivity index (χ3v) is 4.11. The van der Waals surface area contributed by atoms with E-state index in [0.717, 1.165) is 48.4 Å². The molecule has 0 saturated carbocycles. The predicted molar refractivity (Wildman–Crippen MR) is 86.6 cm³/mol. The molecule has 118 valence electrons. The normalized spacial score (nSPS) is 15.9. The van der Waals surface area contributed by atoms with Crippen LogP contribution in [-0.2, 0) is 0 Å². The van der Waals surface area contributed by atoms with Gasteiger partial charge in [0, 0.05) is 30.1 Å². The molecule has 1 saturated heterocycles. The van der Waals surface area contributed by atoms with Crippen molar-refractivity contribution in [2.75, 3.05) is 18.4 Å². The highest BCUT2D eigenvalue weighted by atomic mass is 19.1. The van der Waals surface area contributed by atoms with Crippen molar-refractivity contribution in [3.05, 3.63) is 36.7 Å². The quantitative estimate of drug-likeness (QED) is 0.647. The van der Waals surface area contributed by atoms with Crippen molar-refractivity contribution in [2.24, 2.45) is 0 Å². The molecule has 7 heteroatoms. The number of anilines is 1. The summed E-state index contributed by atoms with van der Waals surface area (Å²) in [5.41, 5.74) is 2.97. The minimum Gasteiger partial charge on any atom is -0.366 e. The average molecular weight is 312 g/mol. The smallest absolute Gasteiger partial charge is 0.213 e. The summed E-state index contributed by atoms with van der Waals surface area (Å²) >= 11 is 0. The molecule has 0 amide bonds. The van der Waals surface area contributed by atoms with E-state index < -0.39 is 5.95 Å². The molecule has 23 heavy (non-hydrogen) atoms. The fourth-order valence-electron chi connectivity index (χ4n) is 2.93. The maximum Gasteiger partial charge on any atom is 0.213 e. The maximum absolute atomic E-state index is 13.4. The number of piperidine rings is 1. The van der Waals surface area contributed by atoms with Gasteiger partial charge in [-0.25, -0.2) is 15.0 Å². The Morgan fingerprint density at radius 1 is 1.22 bits per heavy atom. The summed E-state index contributed by atoms with van der Waals surface area (Å²) in [6, 6.07) is 3.57. The van der Waals surface area contributed by atoms with Gasteiger partial charge in [0.25, 0.3) is 0 Å². The molecule has 1 aliphatic rings. The zero-order chi connectivity index (χ0) is 15.6. The molecule has 3 aromatic heterocycles. The van der Waals surface area contributed by atoms with Crippen molar-refractivity contribution < 1.29 is 4.39 Å². The number of halogens is 1. The highest BCUT2D eigenvalue weighted by molar-refractivity contribution is 5.90. The number of pyridine rings is 1. The first kappa shape index (κ1) is 14.1. The van der Waals surface area contributed by atoms with E-state index in [1.807, 2.05) is 0 Å². The van der Waals surface area contributed by atoms with Crippen LogP contribution in [-0.4, -0.2) is 39.1 Å². The molecule has 0 atom stereocenters. The standard InChI is InChI=1S/C16H17FN6/c17-13-7-10(1-6-19-13)12-8-20-16-15(12)23-14(9-21-16)22-11-2-4-18-5-3-11/h1,6-9,11,18H,2-5H2,(H,20,21)(H,22,23). The Labute approximate surface area is 132 Å². The number of nitrogens with one attached hydrogen (secondary N) is 3. The summed E-state index contributed by atoms with van der Waals surface area (Å²) in [5, 5.41) is 6.78. The molecule has 3 N–H and O–H groups in total. The first-order chi connectivity index (χ1) is 11.3. The maximum atomic E-state index is 13.4. The van der Waals surface area contributed by atoms with Crippen LogP contribution in [0, 0.1) is 5.95 Å². The monoisotopic (exact) mass is 312 g/mol. The molecule has 6 nitrogen and oxygen atoms in total. The van der Waals surface area contributed by atoms with Crippen molar-refractivity contribution in [3.8, 4) is 11.1 Å². The molecule has 4 heterocycles. The van der Waals surface area contributed by atoms with E-state index >= 15 is 0 Å². The van der Waals surface area contributed by atoms with E-state index in [1.54, 1.807) is 18.5 Å². The number of aromatic nitrogens is 4. The molecule has 1 aliphatic heterocycles. The highest BCUT2D eigenvalue weighted by Gasteiger charge is 2.15. The summed E-state index contributed by atoms with van der Waals surface area (Å²) in [6.45, 7) is 2.03. The van der Waals surface area contributed by atoms with Gasteiger partial charge >= 0.3 is 0 Å². The van der Waals surface area contributed by atoms with Crippen LogP contribution in [0.1, 0.15) is 12.8 Å². The van der Waals surface area contributed by atoms with Crippen molar-refractivity contribution in [1.29, 1.82) is 0 Å². The van der Waals surface area contributed by atoms with Crippen molar-refractivity contribution >= 4 is 17.0 Å². The van der Waals surface area contributed by atoms with Crippen LogP contribution in [0.25, 0.3) is 22.3 Å². The molecular weight excluding hydrogens is 295 g/mol. The molecule has 0 aliphatic carbocycles. The van der Waals surface area contributed by atoms with E-state index in [-0.39, 0.29) is 0 Å². The summed E-state index contributed by atoms with van der Waals surface area (Å²) in [4.78, 5) is 15.8. The van der Waals surface area contributed by atoms with Crippen molar-refractivity contribution in [2.45, 2.75) is 18.9 Å². The number of nitrogens with zero attached hydrogens (tertiary/aromatic N) is 3. The Hall–Kier alpha value is -2.54. The molecule has 0 radical (unpaired) electrons. The minimum atomic E-state index is -0.506. The summed E-state index contributed by atoms with van der Waals surface area (Å²) in [6.07, 6.45) is 7.12. The fraction of sp³-hybridized carbons (Fsp3) is 0.312. The second-order valence-electron chi connectivity index (χ2n) is 5.69. The van der Waals surface area contributed by atoms with Gasteiger partial charge in [0.15, 0.2) is 5.65 Å². The SMILES string of the molecule is Fc1cc(-c2c[nH]c3ncc(NC4CCNCC4)nc23)ccn1. The highest BCUT2D eigenvalue weighted by Crippen LogP contribution is 2.27. The molecular formula is C16H17FN6. The van der Waals surface area contributed by atoms with Crippen LogP contribution in [0.15, 0.2) is 30.7 Å². The number of hydrogen-bond donors (Lipinski definition) is 3. The zero-order valence-electron chi connectivity index (χ0n) is 12.5. The van der Waals surface area contributed by atoms with Gasteiger partial charge in [-0.3, -0.25) is 0 Å². The van der Waals surface area contributed by atoms with Crippen LogP contribution in [0.2, 0.25) is 0 Å². The summed E-state index contributed by atoms with van der Waals surface area (Å²) in [5.74, 6) is 0.244. The first-order valence-corrected chi connectivity index (χ1v) is 7.73. The lowest BCUT2D eigenvalue weighted by Crippen LogP contribution is -2.35. The van der Waals surface area contributed by atoms with Crippen LogP contribution >= 0.6 is 0 Å². The van der Waals surface area contributed by atoms with E-state index in [0.29, 0.717) is 11.7 Å². The van der Waals surface area contributed by atoms with E-state index in [1.165, 1.54) is 12.3 Å². The number of hydrogen-bond acceptors (Lipinski definition) is 5. The van der Waals surface area contributed by atoms with Crippen LogP contribution in [0.5, 0.6) is 0 Å². The number of rotatable bonds is 3. The number of aromatic amines is 1. The van der Waals surface area contributed by atoms with Crippen molar-refractivity contribution in [1.82, 2.24) is 25.3 Å². The summed E-state index contributed by atoms with van der Waals surface area (Å²) in [7, 11) is 0. The van der Waals surface area contributed by atoms with Gasteiger partial charge in [-0.2, -0.15) is 4.39 Å². The topological polar surface area (TPSA) is 78.5 Å². The van der Waals surface area contributed by atoms with Crippen LogP contribution in [0.4, 0.5) is 10.2 Å².